The Kier molecular flexibility index (Phi) is 7.60. The zero-order valence-electron chi connectivity index (χ0n) is 25.0. The lowest BCUT2D eigenvalue weighted by atomic mass is 9.91. The fourth-order valence-corrected chi connectivity index (χ4v) is 5.61. The van der Waals surface area contributed by atoms with Gasteiger partial charge >= 0.3 is 5.92 Å². The van der Waals surface area contributed by atoms with E-state index in [0.29, 0.717) is 28.7 Å². The number of hydrogen-bond acceptors (Lipinski definition) is 8. The Morgan fingerprint density at radius 2 is 1.74 bits per heavy atom. The highest BCUT2D eigenvalue weighted by molar-refractivity contribution is 5.89. The summed E-state index contributed by atoms with van der Waals surface area (Å²) in [6.07, 6.45) is 1.46. The Labute approximate surface area is 244 Å². The molecule has 1 aromatic carbocycles. The summed E-state index contributed by atoms with van der Waals surface area (Å²) in [5.74, 6) is -3.33. The first-order valence-electron chi connectivity index (χ1n) is 14.4. The van der Waals surface area contributed by atoms with Crippen molar-refractivity contribution in [3.63, 3.8) is 0 Å². The van der Waals surface area contributed by atoms with Crippen molar-refractivity contribution in [2.45, 2.75) is 83.4 Å². The normalized spacial score (nSPS) is 18.3. The van der Waals surface area contributed by atoms with E-state index >= 15 is 4.39 Å². The van der Waals surface area contributed by atoms with E-state index in [1.807, 2.05) is 6.07 Å². The fourth-order valence-electron chi connectivity index (χ4n) is 5.61. The molecule has 224 valence electrons. The van der Waals surface area contributed by atoms with Crippen LogP contribution in [0.3, 0.4) is 0 Å². The van der Waals surface area contributed by atoms with Crippen LogP contribution in [0.2, 0.25) is 0 Å². The molecule has 1 saturated heterocycles. The maximum absolute atomic E-state index is 15.5. The second-order valence-corrected chi connectivity index (χ2v) is 12.4. The first kappa shape index (κ1) is 30.0. The fraction of sp³-hybridized carbons (Fsp3) is 0.548. The Morgan fingerprint density at radius 1 is 1.07 bits per heavy atom. The smallest absolute Gasteiger partial charge is 0.303 e. The molecule has 2 aliphatic rings. The summed E-state index contributed by atoms with van der Waals surface area (Å²) in [6.45, 7) is 13.0. The number of aromatic nitrogens is 3. The van der Waals surface area contributed by atoms with Crippen LogP contribution >= 0.6 is 0 Å². The molecule has 0 bridgehead atoms. The van der Waals surface area contributed by atoms with Crippen molar-refractivity contribution < 1.29 is 18.3 Å². The van der Waals surface area contributed by atoms with Gasteiger partial charge in [-0.3, -0.25) is 4.90 Å². The van der Waals surface area contributed by atoms with Crippen molar-refractivity contribution in [1.82, 2.24) is 19.9 Å². The van der Waals surface area contributed by atoms with Crippen LogP contribution in [0.1, 0.15) is 76.0 Å². The molecule has 1 aliphatic heterocycles. The van der Waals surface area contributed by atoms with Crippen molar-refractivity contribution in [1.29, 1.82) is 5.26 Å². The third-order valence-electron chi connectivity index (χ3n) is 8.56. The molecule has 5 rings (SSSR count). The number of aryl methyl sites for hydroxylation is 1. The zero-order valence-corrected chi connectivity index (χ0v) is 25.0. The van der Waals surface area contributed by atoms with Gasteiger partial charge in [0.15, 0.2) is 5.65 Å². The van der Waals surface area contributed by atoms with E-state index < -0.39 is 34.4 Å². The van der Waals surface area contributed by atoms with Gasteiger partial charge < -0.3 is 15.3 Å². The lowest BCUT2D eigenvalue weighted by molar-refractivity contribution is -0.170. The number of nitrogens with zero attached hydrogens (tertiary/aromatic N) is 6. The topological polar surface area (TPSA) is 101 Å². The number of halogens is 3. The molecule has 1 aliphatic carbocycles. The molecule has 1 saturated carbocycles. The number of hydrogen-bond donors (Lipinski definition) is 2. The average molecular weight is 582 g/mol. The highest BCUT2D eigenvalue weighted by Gasteiger charge is 2.50. The van der Waals surface area contributed by atoms with E-state index in [0.717, 1.165) is 70.3 Å². The van der Waals surface area contributed by atoms with Gasteiger partial charge in [-0.15, -0.1) is 0 Å². The molecule has 0 spiro atoms. The molecule has 3 heterocycles. The van der Waals surface area contributed by atoms with E-state index in [1.54, 1.807) is 13.8 Å². The number of nitriles is 1. The Morgan fingerprint density at radius 3 is 2.31 bits per heavy atom. The maximum atomic E-state index is 15.5. The quantitative estimate of drug-likeness (QED) is 0.355. The SMILES string of the molecule is Cc1nc(N[C@H](C)c2cccc(C(F)(F)C(C)(C)O)c2F)c2cc(C3(C#N)CC3)c(N3CCN(C(C)C)CC3)nc2n1. The Balaban J connectivity index is 1.55. The van der Waals surface area contributed by atoms with Crippen molar-refractivity contribution in [2.75, 3.05) is 36.4 Å². The van der Waals surface area contributed by atoms with Crippen LogP contribution in [0.25, 0.3) is 11.0 Å². The van der Waals surface area contributed by atoms with Gasteiger partial charge in [-0.2, -0.15) is 14.0 Å². The van der Waals surface area contributed by atoms with E-state index in [2.05, 4.69) is 45.0 Å². The first-order chi connectivity index (χ1) is 19.7. The van der Waals surface area contributed by atoms with Crippen LogP contribution < -0.4 is 10.2 Å². The number of anilines is 2. The van der Waals surface area contributed by atoms with Gasteiger partial charge in [-0.1, -0.05) is 12.1 Å². The van der Waals surface area contributed by atoms with Crippen LogP contribution in [0, 0.1) is 24.1 Å². The molecule has 2 N–H and O–H groups in total. The van der Waals surface area contributed by atoms with Crippen LogP contribution in [0.4, 0.5) is 24.8 Å². The molecule has 2 aromatic heterocycles. The Hall–Kier alpha value is -3.49. The Bertz CT molecular complexity index is 1530. The lowest BCUT2D eigenvalue weighted by Gasteiger charge is -2.38. The van der Waals surface area contributed by atoms with Gasteiger partial charge in [0.1, 0.15) is 28.9 Å². The minimum atomic E-state index is -3.81. The molecule has 42 heavy (non-hydrogen) atoms. The third kappa shape index (κ3) is 5.26. The van der Waals surface area contributed by atoms with Crippen molar-refractivity contribution in [2.24, 2.45) is 0 Å². The summed E-state index contributed by atoms with van der Waals surface area (Å²) in [7, 11) is 0. The second kappa shape index (κ2) is 10.7. The summed E-state index contributed by atoms with van der Waals surface area (Å²) >= 11 is 0. The summed E-state index contributed by atoms with van der Waals surface area (Å²) in [5.41, 5.74) is -2.69. The van der Waals surface area contributed by atoms with Crippen molar-refractivity contribution in [3.8, 4) is 6.07 Å². The number of nitrogens with one attached hydrogen (secondary N) is 1. The van der Waals surface area contributed by atoms with Crippen LogP contribution in [-0.2, 0) is 11.3 Å². The van der Waals surface area contributed by atoms with Gasteiger partial charge in [0.05, 0.1) is 28.5 Å². The van der Waals surface area contributed by atoms with E-state index in [-0.39, 0.29) is 5.56 Å². The van der Waals surface area contributed by atoms with Gasteiger partial charge in [-0.05, 0) is 66.5 Å². The number of aliphatic hydroxyl groups is 1. The lowest BCUT2D eigenvalue weighted by Crippen LogP contribution is -2.49. The first-order valence-corrected chi connectivity index (χ1v) is 14.4. The molecular formula is C31H38F3N7O. The number of rotatable bonds is 8. The molecule has 0 amide bonds. The van der Waals surface area contributed by atoms with Crippen molar-refractivity contribution in [3.05, 3.63) is 52.6 Å². The predicted octanol–water partition coefficient (Wildman–Crippen LogP) is 5.59. The second-order valence-electron chi connectivity index (χ2n) is 12.4. The number of benzene rings is 1. The van der Waals surface area contributed by atoms with E-state index in [9.17, 15) is 19.1 Å². The number of pyridine rings is 1. The van der Waals surface area contributed by atoms with E-state index in [4.69, 9.17) is 4.98 Å². The number of alkyl halides is 2. The minimum Gasteiger partial charge on any atom is -0.384 e. The molecule has 1 atom stereocenters. The van der Waals surface area contributed by atoms with Crippen LogP contribution in [0.15, 0.2) is 24.3 Å². The summed E-state index contributed by atoms with van der Waals surface area (Å²) in [5, 5.41) is 23.9. The summed E-state index contributed by atoms with van der Waals surface area (Å²) in [6, 6.07) is 7.87. The predicted molar refractivity (Wildman–Crippen MR) is 156 cm³/mol. The van der Waals surface area contributed by atoms with Gasteiger partial charge in [0.25, 0.3) is 0 Å². The molecule has 11 heteroatoms. The van der Waals surface area contributed by atoms with Gasteiger partial charge in [-0.25, -0.2) is 19.3 Å². The molecule has 2 fully saturated rings. The minimum absolute atomic E-state index is 0.00403. The summed E-state index contributed by atoms with van der Waals surface area (Å²) < 4.78 is 45.4. The number of piperazine rings is 1. The maximum Gasteiger partial charge on any atom is 0.303 e. The van der Waals surface area contributed by atoms with Gasteiger partial charge in [0.2, 0.25) is 0 Å². The highest BCUT2D eigenvalue weighted by Crippen LogP contribution is 2.51. The average Bonchev–Trinajstić information content (AvgIpc) is 3.73. The zero-order chi connectivity index (χ0) is 30.6. The number of fused-ring (bicyclic) bond motifs is 1. The van der Waals surface area contributed by atoms with Crippen LogP contribution in [-0.4, -0.2) is 62.8 Å². The monoisotopic (exact) mass is 581 g/mol. The molecule has 8 nitrogen and oxygen atoms in total. The van der Waals surface area contributed by atoms with Crippen LogP contribution in [0.5, 0.6) is 0 Å². The standard InChI is InChI=1S/C31H38F3N7O/c1-18(2)40-12-14-41(15-13-40)28-24(30(17-35)10-11-30)16-22-26(37-20(4)38-27(22)39-28)36-19(3)21-8-7-9-23(25(21)32)31(33,34)29(5,6)42/h7-9,16,18-19,42H,10-15H2,1-6H3,(H,36,37,38,39)/t19-/m1/s1. The van der Waals surface area contributed by atoms with E-state index in [1.165, 1.54) is 12.1 Å². The molecule has 3 aromatic rings. The molecule has 0 unspecified atom stereocenters. The van der Waals surface area contributed by atoms with Gasteiger partial charge in [0, 0.05) is 43.3 Å². The molecular weight excluding hydrogens is 543 g/mol. The highest BCUT2D eigenvalue weighted by atomic mass is 19.3. The third-order valence-corrected chi connectivity index (χ3v) is 8.56. The molecule has 0 radical (unpaired) electrons. The van der Waals surface area contributed by atoms with Crippen molar-refractivity contribution >= 4 is 22.7 Å². The largest absolute Gasteiger partial charge is 0.384 e. The summed E-state index contributed by atoms with van der Waals surface area (Å²) in [4.78, 5) is 18.8.